The van der Waals surface area contributed by atoms with Crippen LogP contribution in [0.3, 0.4) is 0 Å². The molecule has 2 aromatic rings. The molecule has 0 spiro atoms. The maximum absolute atomic E-state index is 13.7. The van der Waals surface area contributed by atoms with Crippen molar-refractivity contribution in [3.05, 3.63) is 69.2 Å². The van der Waals surface area contributed by atoms with Crippen LogP contribution in [-0.4, -0.2) is 5.11 Å². The molecule has 0 aliphatic rings. The molecule has 0 heterocycles. The second-order valence-electron chi connectivity index (χ2n) is 4.49. The minimum absolute atomic E-state index is 0.0266. The van der Waals surface area contributed by atoms with Gasteiger partial charge in [0.15, 0.2) is 0 Å². The Bertz CT molecular complexity index is 581. The smallest absolute Gasteiger partial charge is 0.137 e. The van der Waals surface area contributed by atoms with Gasteiger partial charge in [0.2, 0.25) is 0 Å². The van der Waals surface area contributed by atoms with Crippen LogP contribution in [0.2, 0.25) is 0 Å². The molecule has 19 heavy (non-hydrogen) atoms. The second kappa shape index (κ2) is 5.80. The fraction of sp³-hybridized carbons (Fsp3) is 0.200. The molecule has 1 atom stereocenters. The van der Waals surface area contributed by atoms with Crippen LogP contribution in [0.25, 0.3) is 0 Å². The normalized spacial score (nSPS) is 12.5. The van der Waals surface area contributed by atoms with Gasteiger partial charge >= 0.3 is 0 Å². The van der Waals surface area contributed by atoms with Crippen LogP contribution in [0.1, 0.15) is 22.8 Å². The van der Waals surface area contributed by atoms with E-state index in [9.17, 15) is 13.9 Å². The zero-order valence-electron chi connectivity index (χ0n) is 10.3. The Morgan fingerprint density at radius 1 is 1.11 bits per heavy atom. The maximum Gasteiger partial charge on any atom is 0.137 e. The highest BCUT2D eigenvalue weighted by atomic mass is 79.9. The van der Waals surface area contributed by atoms with Gasteiger partial charge in [-0.3, -0.25) is 0 Å². The molecule has 0 bridgehead atoms. The molecule has 0 saturated carbocycles. The number of aliphatic hydroxyl groups excluding tert-OH is 1. The molecule has 0 amide bonds. The molecule has 1 nitrogen and oxygen atoms in total. The molecule has 1 unspecified atom stereocenters. The van der Waals surface area contributed by atoms with Crippen molar-refractivity contribution in [2.45, 2.75) is 19.4 Å². The lowest BCUT2D eigenvalue weighted by Crippen LogP contribution is -2.05. The summed E-state index contributed by atoms with van der Waals surface area (Å²) in [6, 6.07) is 9.62. The number of benzene rings is 2. The summed E-state index contributed by atoms with van der Waals surface area (Å²) in [5.41, 5.74) is 1.96. The van der Waals surface area contributed by atoms with E-state index in [4.69, 9.17) is 0 Å². The fourth-order valence-corrected chi connectivity index (χ4v) is 2.17. The van der Waals surface area contributed by atoms with E-state index in [1.807, 2.05) is 31.2 Å². The fourth-order valence-electron chi connectivity index (χ4n) is 1.85. The topological polar surface area (TPSA) is 20.2 Å². The third-order valence-corrected chi connectivity index (χ3v) is 3.56. The molecule has 100 valence electrons. The Balaban J connectivity index is 2.22. The van der Waals surface area contributed by atoms with Crippen molar-refractivity contribution in [1.82, 2.24) is 0 Å². The Morgan fingerprint density at radius 2 is 1.74 bits per heavy atom. The number of aliphatic hydroxyl groups is 1. The van der Waals surface area contributed by atoms with Crippen LogP contribution in [0.5, 0.6) is 0 Å². The predicted octanol–water partition coefficient (Wildman–Crippen LogP) is 4.31. The lowest BCUT2D eigenvalue weighted by atomic mass is 10.0. The second-order valence-corrected chi connectivity index (χ2v) is 5.35. The van der Waals surface area contributed by atoms with Crippen LogP contribution in [0.15, 0.2) is 40.9 Å². The molecule has 2 aromatic carbocycles. The quantitative estimate of drug-likeness (QED) is 0.833. The van der Waals surface area contributed by atoms with E-state index in [1.54, 1.807) is 0 Å². The highest BCUT2D eigenvalue weighted by Gasteiger charge is 2.16. The Kier molecular flexibility index (Phi) is 4.32. The van der Waals surface area contributed by atoms with Crippen LogP contribution in [-0.2, 0) is 6.42 Å². The number of rotatable bonds is 3. The lowest BCUT2D eigenvalue weighted by Gasteiger charge is -2.13. The molecule has 1 N–H and O–H groups in total. The first-order valence-electron chi connectivity index (χ1n) is 5.85. The van der Waals surface area contributed by atoms with Crippen LogP contribution in [0, 0.1) is 18.6 Å². The monoisotopic (exact) mass is 326 g/mol. The van der Waals surface area contributed by atoms with E-state index in [-0.39, 0.29) is 16.5 Å². The Labute approximate surface area is 119 Å². The third-order valence-electron chi connectivity index (χ3n) is 2.95. The molecule has 0 aliphatic heterocycles. The van der Waals surface area contributed by atoms with E-state index < -0.39 is 17.7 Å². The minimum atomic E-state index is -1.06. The molecule has 0 saturated heterocycles. The lowest BCUT2D eigenvalue weighted by molar-refractivity contribution is 0.173. The van der Waals surface area contributed by atoms with E-state index in [0.717, 1.165) is 23.3 Å². The van der Waals surface area contributed by atoms with Gasteiger partial charge in [-0.25, -0.2) is 8.78 Å². The SMILES string of the molecule is Cc1ccc(CC(O)c2cc(F)c(Br)cc2F)cc1. The average Bonchev–Trinajstić information content (AvgIpc) is 2.36. The van der Waals surface area contributed by atoms with Gasteiger partial charge in [0.1, 0.15) is 11.6 Å². The zero-order chi connectivity index (χ0) is 14.0. The van der Waals surface area contributed by atoms with E-state index in [2.05, 4.69) is 15.9 Å². The van der Waals surface area contributed by atoms with Gasteiger partial charge in [-0.2, -0.15) is 0 Å². The van der Waals surface area contributed by atoms with Gasteiger partial charge in [-0.1, -0.05) is 29.8 Å². The Hall–Kier alpha value is -1.26. The summed E-state index contributed by atoms with van der Waals surface area (Å²) in [6.45, 7) is 1.96. The van der Waals surface area contributed by atoms with E-state index >= 15 is 0 Å². The molecular weight excluding hydrogens is 314 g/mol. The van der Waals surface area contributed by atoms with Crippen molar-refractivity contribution in [2.24, 2.45) is 0 Å². The van der Waals surface area contributed by atoms with Gasteiger partial charge in [0.05, 0.1) is 10.6 Å². The number of aryl methyl sites for hydroxylation is 1. The van der Waals surface area contributed by atoms with Crippen LogP contribution >= 0.6 is 15.9 Å². The summed E-state index contributed by atoms with van der Waals surface area (Å²) in [6.07, 6.45) is -0.816. The zero-order valence-corrected chi connectivity index (χ0v) is 11.9. The largest absolute Gasteiger partial charge is 0.388 e. The van der Waals surface area contributed by atoms with E-state index in [1.165, 1.54) is 0 Å². The average molecular weight is 327 g/mol. The molecular formula is C15H13BrF2O. The van der Waals surface area contributed by atoms with Gasteiger partial charge in [0.25, 0.3) is 0 Å². The first-order chi connectivity index (χ1) is 8.97. The van der Waals surface area contributed by atoms with Crippen LogP contribution < -0.4 is 0 Å². The minimum Gasteiger partial charge on any atom is -0.388 e. The van der Waals surface area contributed by atoms with E-state index in [0.29, 0.717) is 0 Å². The number of hydrogen-bond acceptors (Lipinski definition) is 1. The van der Waals surface area contributed by atoms with Crippen molar-refractivity contribution in [3.8, 4) is 0 Å². The molecule has 0 fully saturated rings. The molecule has 0 aromatic heterocycles. The summed E-state index contributed by atoms with van der Waals surface area (Å²) >= 11 is 2.91. The van der Waals surface area contributed by atoms with Crippen LogP contribution in [0.4, 0.5) is 8.78 Å². The molecule has 2 rings (SSSR count). The van der Waals surface area contributed by atoms with Crippen molar-refractivity contribution in [3.63, 3.8) is 0 Å². The predicted molar refractivity (Wildman–Crippen MR) is 73.9 cm³/mol. The van der Waals surface area contributed by atoms with Crippen molar-refractivity contribution >= 4 is 15.9 Å². The van der Waals surface area contributed by atoms with Crippen molar-refractivity contribution in [1.29, 1.82) is 0 Å². The first kappa shape index (κ1) is 14.2. The highest BCUT2D eigenvalue weighted by Crippen LogP contribution is 2.26. The number of halogens is 3. The van der Waals surface area contributed by atoms with Gasteiger partial charge < -0.3 is 5.11 Å². The number of hydrogen-bond donors (Lipinski definition) is 1. The summed E-state index contributed by atoms with van der Waals surface area (Å²) in [7, 11) is 0. The summed E-state index contributed by atoms with van der Waals surface area (Å²) in [4.78, 5) is 0. The Morgan fingerprint density at radius 3 is 2.37 bits per heavy atom. The molecule has 4 heteroatoms. The van der Waals surface area contributed by atoms with Gasteiger partial charge in [0, 0.05) is 12.0 Å². The summed E-state index contributed by atoms with van der Waals surface area (Å²) < 4.78 is 27.1. The maximum atomic E-state index is 13.7. The third kappa shape index (κ3) is 3.39. The first-order valence-corrected chi connectivity index (χ1v) is 6.64. The molecule has 0 aliphatic carbocycles. The summed E-state index contributed by atoms with van der Waals surface area (Å²) in [5, 5.41) is 10.0. The van der Waals surface area contributed by atoms with Crippen molar-refractivity contribution < 1.29 is 13.9 Å². The molecule has 0 radical (unpaired) electrons. The van der Waals surface area contributed by atoms with Crippen molar-refractivity contribution in [2.75, 3.05) is 0 Å². The highest BCUT2D eigenvalue weighted by molar-refractivity contribution is 9.10. The summed E-state index contributed by atoms with van der Waals surface area (Å²) in [5.74, 6) is -1.20. The standard InChI is InChI=1S/C15H13BrF2O/c1-9-2-4-10(5-3-9)6-15(19)11-7-14(18)12(16)8-13(11)17/h2-5,7-8,15,19H,6H2,1H3. The van der Waals surface area contributed by atoms with Gasteiger partial charge in [-0.05, 0) is 40.5 Å². The van der Waals surface area contributed by atoms with Gasteiger partial charge in [-0.15, -0.1) is 0 Å².